The number of aliphatic hydroxyl groups is 1. The summed E-state index contributed by atoms with van der Waals surface area (Å²) in [7, 11) is 1.50. The minimum absolute atomic E-state index is 0.113. The van der Waals surface area contributed by atoms with Crippen LogP contribution in [0.5, 0.6) is 5.75 Å². The smallest absolute Gasteiger partial charge is 0.257 e. The first-order valence-corrected chi connectivity index (χ1v) is 7.42. The largest absolute Gasteiger partial charge is 0.496 e. The molecule has 1 saturated heterocycles. The van der Waals surface area contributed by atoms with Crippen molar-refractivity contribution < 1.29 is 14.6 Å². The van der Waals surface area contributed by atoms with Crippen molar-refractivity contribution in [2.24, 2.45) is 5.92 Å². The molecule has 1 aliphatic heterocycles. The van der Waals surface area contributed by atoms with Crippen molar-refractivity contribution >= 4 is 23.2 Å². The number of amides is 1. The molecular formula is C15H21ClN2O3. The van der Waals surface area contributed by atoms with E-state index in [1.165, 1.54) is 7.11 Å². The van der Waals surface area contributed by atoms with Gasteiger partial charge in [-0.15, -0.1) is 0 Å². The molecule has 6 heteroatoms. The number of benzene rings is 1. The van der Waals surface area contributed by atoms with Gasteiger partial charge < -0.3 is 20.5 Å². The summed E-state index contributed by atoms with van der Waals surface area (Å²) in [4.78, 5) is 14.4. The van der Waals surface area contributed by atoms with Gasteiger partial charge >= 0.3 is 0 Å². The summed E-state index contributed by atoms with van der Waals surface area (Å²) in [5, 5.41) is 9.96. The van der Waals surface area contributed by atoms with Crippen molar-refractivity contribution in [1.29, 1.82) is 0 Å². The first-order chi connectivity index (χ1) is 9.93. The number of carbonyl (C=O) groups excluding carboxylic acids is 1. The fourth-order valence-corrected chi connectivity index (χ4v) is 2.82. The molecule has 1 heterocycles. The number of rotatable bonds is 3. The number of ether oxygens (including phenoxy) is 1. The van der Waals surface area contributed by atoms with E-state index in [2.05, 4.69) is 0 Å². The highest BCUT2D eigenvalue weighted by molar-refractivity contribution is 6.33. The highest BCUT2D eigenvalue weighted by atomic mass is 35.5. The Bertz CT molecular complexity index is 526. The summed E-state index contributed by atoms with van der Waals surface area (Å²) in [5.74, 6) is 0.572. The molecule has 1 amide bonds. The van der Waals surface area contributed by atoms with Crippen LogP contribution in [0.3, 0.4) is 0 Å². The minimum Gasteiger partial charge on any atom is -0.496 e. The number of aliphatic hydroxyl groups excluding tert-OH is 1. The Morgan fingerprint density at radius 1 is 1.48 bits per heavy atom. The van der Waals surface area contributed by atoms with Crippen LogP contribution in [-0.2, 0) is 0 Å². The average molecular weight is 313 g/mol. The van der Waals surface area contributed by atoms with E-state index in [1.54, 1.807) is 24.0 Å². The lowest BCUT2D eigenvalue weighted by molar-refractivity contribution is 0.0519. The number of methoxy groups -OCH3 is 1. The van der Waals surface area contributed by atoms with Crippen molar-refractivity contribution in [3.05, 3.63) is 22.7 Å². The highest BCUT2D eigenvalue weighted by Gasteiger charge is 2.27. The summed E-state index contributed by atoms with van der Waals surface area (Å²) >= 11 is 6.01. The standard InChI is InChI=1S/C15H21ClN2O3/c1-9(19)10-3-5-18(6-4-10)15(20)11-7-12(16)13(17)8-14(11)21-2/h7-10,19H,3-6,17H2,1-2H3. The van der Waals surface area contributed by atoms with Crippen LogP contribution >= 0.6 is 11.6 Å². The molecule has 0 radical (unpaired) electrons. The quantitative estimate of drug-likeness (QED) is 0.839. The topological polar surface area (TPSA) is 75.8 Å². The van der Waals surface area contributed by atoms with Gasteiger partial charge in [0, 0.05) is 19.2 Å². The zero-order chi connectivity index (χ0) is 15.6. The Labute approximate surface area is 129 Å². The van der Waals surface area contributed by atoms with E-state index >= 15 is 0 Å². The predicted octanol–water partition coefficient (Wildman–Crippen LogP) is 2.16. The Morgan fingerprint density at radius 2 is 2.10 bits per heavy atom. The molecule has 21 heavy (non-hydrogen) atoms. The summed E-state index contributed by atoms with van der Waals surface area (Å²) in [6, 6.07) is 3.12. The first kappa shape index (κ1) is 15.9. The maximum Gasteiger partial charge on any atom is 0.257 e. The molecule has 0 bridgehead atoms. The van der Waals surface area contributed by atoms with Gasteiger partial charge in [0.05, 0.1) is 29.5 Å². The van der Waals surface area contributed by atoms with Crippen molar-refractivity contribution in [3.8, 4) is 5.75 Å². The van der Waals surface area contributed by atoms with Crippen LogP contribution in [0, 0.1) is 5.92 Å². The van der Waals surface area contributed by atoms with Gasteiger partial charge in [0.15, 0.2) is 0 Å². The monoisotopic (exact) mass is 312 g/mol. The number of halogens is 1. The second-order valence-corrected chi connectivity index (χ2v) is 5.85. The van der Waals surface area contributed by atoms with E-state index in [4.69, 9.17) is 22.1 Å². The predicted molar refractivity (Wildman–Crippen MR) is 82.7 cm³/mol. The Kier molecular flexibility index (Phi) is 4.96. The number of piperidine rings is 1. The zero-order valence-corrected chi connectivity index (χ0v) is 13.1. The molecule has 3 N–H and O–H groups in total. The molecule has 2 rings (SSSR count). The number of nitrogens with two attached hydrogens (primary N) is 1. The molecule has 1 aliphatic rings. The van der Waals surface area contributed by atoms with Crippen LogP contribution < -0.4 is 10.5 Å². The first-order valence-electron chi connectivity index (χ1n) is 7.04. The second-order valence-electron chi connectivity index (χ2n) is 5.44. The number of anilines is 1. The van der Waals surface area contributed by atoms with Gasteiger partial charge in [-0.3, -0.25) is 4.79 Å². The van der Waals surface area contributed by atoms with Gasteiger partial charge in [-0.05, 0) is 31.7 Å². The van der Waals surface area contributed by atoms with Gasteiger partial charge in [-0.2, -0.15) is 0 Å². The molecule has 0 spiro atoms. The lowest BCUT2D eigenvalue weighted by Crippen LogP contribution is -2.40. The number of nitrogens with zero attached hydrogens (tertiary/aromatic N) is 1. The van der Waals surface area contributed by atoms with E-state index in [1.807, 2.05) is 0 Å². The third kappa shape index (κ3) is 3.41. The van der Waals surface area contributed by atoms with E-state index in [0.717, 1.165) is 12.8 Å². The fraction of sp³-hybridized carbons (Fsp3) is 0.533. The van der Waals surface area contributed by atoms with Crippen LogP contribution in [0.15, 0.2) is 12.1 Å². The molecule has 1 atom stereocenters. The van der Waals surface area contributed by atoms with Crippen LogP contribution in [0.4, 0.5) is 5.69 Å². The molecule has 116 valence electrons. The lowest BCUT2D eigenvalue weighted by Gasteiger charge is -2.33. The molecular weight excluding hydrogens is 292 g/mol. The summed E-state index contributed by atoms with van der Waals surface area (Å²) in [5.41, 5.74) is 6.54. The SMILES string of the molecule is COc1cc(N)c(Cl)cc1C(=O)N1CCC(C(C)O)CC1. The van der Waals surface area contributed by atoms with Crippen LogP contribution in [-0.4, -0.2) is 42.2 Å². The third-order valence-electron chi connectivity index (χ3n) is 4.06. The van der Waals surface area contributed by atoms with Crippen LogP contribution in [0.1, 0.15) is 30.1 Å². The molecule has 1 unspecified atom stereocenters. The lowest BCUT2D eigenvalue weighted by atomic mass is 9.92. The Morgan fingerprint density at radius 3 is 2.62 bits per heavy atom. The molecule has 1 aromatic rings. The van der Waals surface area contributed by atoms with Gasteiger partial charge in [0.1, 0.15) is 5.75 Å². The van der Waals surface area contributed by atoms with Gasteiger partial charge in [0.2, 0.25) is 0 Å². The molecule has 0 aromatic heterocycles. The summed E-state index contributed by atoms with van der Waals surface area (Å²) < 4.78 is 5.23. The normalized spacial score (nSPS) is 17.6. The molecule has 0 aliphatic carbocycles. The van der Waals surface area contributed by atoms with Crippen molar-refractivity contribution in [1.82, 2.24) is 4.90 Å². The number of hydrogen-bond acceptors (Lipinski definition) is 4. The van der Waals surface area contributed by atoms with Crippen molar-refractivity contribution in [2.45, 2.75) is 25.9 Å². The minimum atomic E-state index is -0.331. The number of hydrogen-bond donors (Lipinski definition) is 2. The van der Waals surface area contributed by atoms with Crippen LogP contribution in [0.2, 0.25) is 5.02 Å². The van der Waals surface area contributed by atoms with Crippen molar-refractivity contribution in [2.75, 3.05) is 25.9 Å². The van der Waals surface area contributed by atoms with Crippen molar-refractivity contribution in [3.63, 3.8) is 0 Å². The molecule has 1 aromatic carbocycles. The number of likely N-dealkylation sites (tertiary alicyclic amines) is 1. The Hall–Kier alpha value is -1.46. The van der Waals surface area contributed by atoms with E-state index in [9.17, 15) is 9.90 Å². The summed E-state index contributed by atoms with van der Waals surface area (Å²) in [6.07, 6.45) is 1.27. The second kappa shape index (κ2) is 6.54. The van der Waals surface area contributed by atoms with E-state index < -0.39 is 0 Å². The maximum absolute atomic E-state index is 12.6. The Balaban J connectivity index is 2.16. The van der Waals surface area contributed by atoms with Gasteiger partial charge in [-0.25, -0.2) is 0 Å². The summed E-state index contributed by atoms with van der Waals surface area (Å²) in [6.45, 7) is 3.05. The zero-order valence-electron chi connectivity index (χ0n) is 12.3. The van der Waals surface area contributed by atoms with E-state index in [-0.39, 0.29) is 17.9 Å². The molecule has 0 saturated carbocycles. The van der Waals surface area contributed by atoms with Crippen LogP contribution in [0.25, 0.3) is 0 Å². The molecule has 5 nitrogen and oxygen atoms in total. The number of carbonyl (C=O) groups is 1. The fourth-order valence-electron chi connectivity index (χ4n) is 2.66. The number of nitrogen functional groups attached to an aromatic ring is 1. The molecule has 1 fully saturated rings. The maximum atomic E-state index is 12.6. The van der Waals surface area contributed by atoms with E-state index in [0.29, 0.717) is 35.1 Å². The van der Waals surface area contributed by atoms with Gasteiger partial charge in [0.25, 0.3) is 5.91 Å². The third-order valence-corrected chi connectivity index (χ3v) is 4.39. The average Bonchev–Trinajstić information content (AvgIpc) is 2.49. The van der Waals surface area contributed by atoms with Gasteiger partial charge in [-0.1, -0.05) is 11.6 Å². The highest BCUT2D eigenvalue weighted by Crippen LogP contribution is 2.31.